The van der Waals surface area contributed by atoms with Crippen LogP contribution in [0.25, 0.3) is 0 Å². The topological polar surface area (TPSA) is 51.8 Å². The second-order valence-electron chi connectivity index (χ2n) is 3.53. The zero-order valence-corrected chi connectivity index (χ0v) is 10.9. The van der Waals surface area contributed by atoms with Crippen LogP contribution in [-0.4, -0.2) is 9.36 Å². The van der Waals surface area contributed by atoms with Crippen LogP contribution in [0.5, 0.6) is 0 Å². The van der Waals surface area contributed by atoms with E-state index in [4.69, 9.17) is 5.73 Å². The summed E-state index contributed by atoms with van der Waals surface area (Å²) < 4.78 is 18.6. The van der Waals surface area contributed by atoms with Crippen LogP contribution in [0.3, 0.4) is 0 Å². The molecular formula is C11H12FN3S2. The van der Waals surface area contributed by atoms with Crippen LogP contribution in [0.2, 0.25) is 0 Å². The molecule has 1 aromatic carbocycles. The number of aromatic nitrogens is 2. The number of hydrogen-bond donors (Lipinski definition) is 1. The van der Waals surface area contributed by atoms with Crippen LogP contribution in [0, 0.1) is 12.7 Å². The molecule has 0 radical (unpaired) electrons. The van der Waals surface area contributed by atoms with Gasteiger partial charge in [0.2, 0.25) is 0 Å². The van der Waals surface area contributed by atoms with Crippen molar-refractivity contribution in [2.24, 2.45) is 5.73 Å². The number of hydrogen-bond acceptors (Lipinski definition) is 5. The lowest BCUT2D eigenvalue weighted by atomic mass is 10.1. The first-order valence-corrected chi connectivity index (χ1v) is 6.85. The maximum absolute atomic E-state index is 13.6. The summed E-state index contributed by atoms with van der Waals surface area (Å²) in [6.45, 7) is 2.21. The number of nitrogens with two attached hydrogens (primary N) is 1. The van der Waals surface area contributed by atoms with Crippen LogP contribution in [-0.2, 0) is 12.3 Å². The van der Waals surface area contributed by atoms with E-state index in [1.807, 2.05) is 13.0 Å². The molecule has 0 unspecified atom stereocenters. The van der Waals surface area contributed by atoms with Crippen LogP contribution in [0.4, 0.5) is 4.39 Å². The lowest BCUT2D eigenvalue weighted by Gasteiger charge is -2.03. The van der Waals surface area contributed by atoms with Gasteiger partial charge in [0.05, 0.1) is 0 Å². The van der Waals surface area contributed by atoms with Crippen LogP contribution >= 0.6 is 23.3 Å². The molecule has 0 spiro atoms. The van der Waals surface area contributed by atoms with E-state index in [2.05, 4.69) is 9.36 Å². The Bertz CT molecular complexity index is 513. The monoisotopic (exact) mass is 269 g/mol. The normalized spacial score (nSPS) is 10.8. The van der Waals surface area contributed by atoms with Gasteiger partial charge in [-0.25, -0.2) is 9.37 Å². The van der Waals surface area contributed by atoms with Crippen molar-refractivity contribution in [2.75, 3.05) is 0 Å². The predicted octanol–water partition coefficient (Wildman–Crippen LogP) is 2.74. The van der Waals surface area contributed by atoms with Crippen molar-refractivity contribution in [3.63, 3.8) is 0 Å². The molecule has 2 aromatic rings. The summed E-state index contributed by atoms with van der Waals surface area (Å²) >= 11 is 2.84. The van der Waals surface area contributed by atoms with Gasteiger partial charge in [-0.2, -0.15) is 4.37 Å². The summed E-state index contributed by atoms with van der Waals surface area (Å²) in [4.78, 5) is 4.22. The molecule has 0 amide bonds. The minimum absolute atomic E-state index is 0.207. The minimum Gasteiger partial charge on any atom is -0.326 e. The quantitative estimate of drug-likeness (QED) is 0.867. The predicted molar refractivity (Wildman–Crippen MR) is 68.5 cm³/mol. The van der Waals surface area contributed by atoms with E-state index in [-0.39, 0.29) is 5.82 Å². The molecule has 0 atom stereocenters. The van der Waals surface area contributed by atoms with E-state index in [1.54, 1.807) is 6.07 Å². The molecule has 0 saturated carbocycles. The van der Waals surface area contributed by atoms with Crippen molar-refractivity contribution in [2.45, 2.75) is 23.6 Å². The fourth-order valence-corrected chi connectivity index (χ4v) is 2.94. The number of thioether (sulfide) groups is 1. The van der Waals surface area contributed by atoms with Gasteiger partial charge in [-0.15, -0.1) is 0 Å². The highest BCUT2D eigenvalue weighted by atomic mass is 32.2. The molecule has 0 bridgehead atoms. The van der Waals surface area contributed by atoms with Crippen LogP contribution < -0.4 is 5.73 Å². The zero-order valence-electron chi connectivity index (χ0n) is 9.31. The second-order valence-corrected chi connectivity index (χ2v) is 5.50. The van der Waals surface area contributed by atoms with Gasteiger partial charge in [-0.3, -0.25) is 0 Å². The Balaban J connectivity index is 2.04. The fraction of sp³-hybridized carbons (Fsp3) is 0.273. The molecule has 0 saturated heterocycles. The summed E-state index contributed by atoms with van der Waals surface area (Å²) in [5.74, 6) is 1.11. The van der Waals surface area contributed by atoms with Gasteiger partial charge in [-0.1, -0.05) is 23.9 Å². The third-order valence-electron chi connectivity index (χ3n) is 2.21. The molecule has 1 aromatic heterocycles. The van der Waals surface area contributed by atoms with Gasteiger partial charge in [0, 0.05) is 12.3 Å². The lowest BCUT2D eigenvalue weighted by Crippen LogP contribution is -1.98. The van der Waals surface area contributed by atoms with E-state index >= 15 is 0 Å². The summed E-state index contributed by atoms with van der Waals surface area (Å²) in [7, 11) is 0. The van der Waals surface area contributed by atoms with Crippen molar-refractivity contribution < 1.29 is 4.39 Å². The van der Waals surface area contributed by atoms with Crippen molar-refractivity contribution in [1.82, 2.24) is 9.36 Å². The first-order chi connectivity index (χ1) is 8.19. The Labute approximate surface area is 107 Å². The highest BCUT2D eigenvalue weighted by molar-refractivity contribution is 8.00. The van der Waals surface area contributed by atoms with Gasteiger partial charge in [0.15, 0.2) is 4.34 Å². The van der Waals surface area contributed by atoms with Crippen molar-refractivity contribution in [1.29, 1.82) is 0 Å². The van der Waals surface area contributed by atoms with E-state index in [0.717, 1.165) is 15.7 Å². The zero-order chi connectivity index (χ0) is 12.3. The van der Waals surface area contributed by atoms with Gasteiger partial charge in [0.25, 0.3) is 0 Å². The van der Waals surface area contributed by atoms with Gasteiger partial charge >= 0.3 is 0 Å². The first kappa shape index (κ1) is 12.5. The highest BCUT2D eigenvalue weighted by Crippen LogP contribution is 2.25. The number of halogens is 1. The molecule has 90 valence electrons. The second kappa shape index (κ2) is 5.57. The van der Waals surface area contributed by atoms with Gasteiger partial charge < -0.3 is 5.73 Å². The SMILES string of the molecule is Cc1nsc(SCc2ccc(CN)cc2F)n1. The number of rotatable bonds is 4. The average molecular weight is 269 g/mol. The van der Waals surface area contributed by atoms with Crippen LogP contribution in [0.15, 0.2) is 22.5 Å². The standard InChI is InChI=1S/C11H12FN3S2/c1-7-14-11(17-15-7)16-6-9-3-2-8(5-13)4-10(9)12/h2-4H,5-6,13H2,1H3. The maximum Gasteiger partial charge on any atom is 0.170 e. The van der Waals surface area contributed by atoms with Crippen molar-refractivity contribution in [3.8, 4) is 0 Å². The number of benzene rings is 1. The summed E-state index contributed by atoms with van der Waals surface area (Å²) in [6.07, 6.45) is 0. The number of nitrogens with zero attached hydrogens (tertiary/aromatic N) is 2. The largest absolute Gasteiger partial charge is 0.326 e. The molecule has 0 aliphatic heterocycles. The maximum atomic E-state index is 13.6. The Hall–Kier alpha value is -0.980. The molecule has 0 aliphatic carbocycles. The summed E-state index contributed by atoms with van der Waals surface area (Å²) in [5.41, 5.74) is 6.92. The first-order valence-electron chi connectivity index (χ1n) is 5.09. The molecule has 2 N–H and O–H groups in total. The third-order valence-corrected chi connectivity index (χ3v) is 4.19. The van der Waals surface area contributed by atoms with E-state index in [9.17, 15) is 4.39 Å². The fourth-order valence-electron chi connectivity index (χ4n) is 1.31. The van der Waals surface area contributed by atoms with Crippen LogP contribution in [0.1, 0.15) is 17.0 Å². The Morgan fingerprint density at radius 3 is 2.88 bits per heavy atom. The average Bonchev–Trinajstić information content (AvgIpc) is 2.73. The summed E-state index contributed by atoms with van der Waals surface area (Å²) in [6, 6.07) is 5.12. The van der Waals surface area contributed by atoms with E-state index in [0.29, 0.717) is 17.9 Å². The van der Waals surface area contributed by atoms with E-state index in [1.165, 1.54) is 29.4 Å². The molecule has 2 rings (SSSR count). The Morgan fingerprint density at radius 1 is 1.47 bits per heavy atom. The summed E-state index contributed by atoms with van der Waals surface area (Å²) in [5, 5.41) is 0. The lowest BCUT2D eigenvalue weighted by molar-refractivity contribution is 0.615. The molecule has 0 fully saturated rings. The molecule has 0 aliphatic rings. The van der Waals surface area contributed by atoms with Crippen molar-refractivity contribution >= 4 is 23.3 Å². The van der Waals surface area contributed by atoms with Gasteiger partial charge in [0.1, 0.15) is 11.6 Å². The smallest absolute Gasteiger partial charge is 0.170 e. The molecule has 3 nitrogen and oxygen atoms in total. The Kier molecular flexibility index (Phi) is 4.09. The minimum atomic E-state index is -0.207. The van der Waals surface area contributed by atoms with Crippen molar-refractivity contribution in [3.05, 3.63) is 41.0 Å². The molecule has 1 heterocycles. The highest BCUT2D eigenvalue weighted by Gasteiger charge is 2.06. The Morgan fingerprint density at radius 2 is 2.29 bits per heavy atom. The third kappa shape index (κ3) is 3.24. The number of aryl methyl sites for hydroxylation is 1. The van der Waals surface area contributed by atoms with E-state index < -0.39 is 0 Å². The molecule has 17 heavy (non-hydrogen) atoms. The molecule has 6 heteroatoms. The molecular weight excluding hydrogens is 257 g/mol. The van der Waals surface area contributed by atoms with Gasteiger partial charge in [-0.05, 0) is 35.6 Å².